The van der Waals surface area contributed by atoms with Gasteiger partial charge in [-0.3, -0.25) is 9.89 Å². The number of halogens is 2. The van der Waals surface area contributed by atoms with Crippen LogP contribution in [0.4, 0.5) is 5.82 Å². The molecule has 1 amide bonds. The number of amides is 1. The molecule has 0 saturated carbocycles. The Hall–Kier alpha value is -1.33. The first-order valence-corrected chi connectivity index (χ1v) is 7.27. The second-order valence-corrected chi connectivity index (χ2v) is 6.79. The van der Waals surface area contributed by atoms with E-state index >= 15 is 0 Å². The van der Waals surface area contributed by atoms with Crippen LogP contribution >= 0.6 is 27.5 Å². The number of rotatable bonds is 2. The molecule has 20 heavy (non-hydrogen) atoms. The average Bonchev–Trinajstić information content (AvgIpc) is 2.76. The van der Waals surface area contributed by atoms with Gasteiger partial charge in [-0.1, -0.05) is 32.4 Å². The van der Waals surface area contributed by atoms with Crippen molar-refractivity contribution in [2.24, 2.45) is 0 Å². The Morgan fingerprint density at radius 3 is 2.60 bits per heavy atom. The summed E-state index contributed by atoms with van der Waals surface area (Å²) in [5.74, 6) is 0.266. The molecule has 1 aromatic carbocycles. The summed E-state index contributed by atoms with van der Waals surface area (Å²) in [7, 11) is 0. The van der Waals surface area contributed by atoms with Gasteiger partial charge in [-0.2, -0.15) is 5.10 Å². The third-order valence-corrected chi connectivity index (χ3v) is 3.69. The van der Waals surface area contributed by atoms with Gasteiger partial charge in [-0.25, -0.2) is 0 Å². The number of carbonyl (C=O) groups is 1. The van der Waals surface area contributed by atoms with Crippen LogP contribution in [0.2, 0.25) is 5.02 Å². The van der Waals surface area contributed by atoms with Crippen molar-refractivity contribution in [2.75, 3.05) is 5.32 Å². The highest BCUT2D eigenvalue weighted by molar-refractivity contribution is 9.10. The molecule has 0 unspecified atom stereocenters. The third kappa shape index (κ3) is 3.41. The summed E-state index contributed by atoms with van der Waals surface area (Å²) >= 11 is 9.18. The Morgan fingerprint density at radius 2 is 2.05 bits per heavy atom. The lowest BCUT2D eigenvalue weighted by Crippen LogP contribution is -2.13. The van der Waals surface area contributed by atoms with E-state index in [0.29, 0.717) is 20.9 Å². The van der Waals surface area contributed by atoms with Gasteiger partial charge in [0.1, 0.15) is 0 Å². The molecule has 0 aliphatic rings. The van der Waals surface area contributed by atoms with Crippen LogP contribution in [-0.4, -0.2) is 16.1 Å². The summed E-state index contributed by atoms with van der Waals surface area (Å²) in [4.78, 5) is 12.2. The van der Waals surface area contributed by atoms with Gasteiger partial charge in [-0.05, 0) is 34.1 Å². The van der Waals surface area contributed by atoms with Crippen molar-refractivity contribution >= 4 is 39.3 Å². The van der Waals surface area contributed by atoms with Crippen LogP contribution in [0.25, 0.3) is 0 Å². The van der Waals surface area contributed by atoms with Crippen molar-refractivity contribution in [2.45, 2.75) is 26.2 Å². The van der Waals surface area contributed by atoms with Gasteiger partial charge in [0.2, 0.25) is 0 Å². The molecule has 0 saturated heterocycles. The minimum atomic E-state index is -0.236. The highest BCUT2D eigenvalue weighted by Gasteiger charge is 2.18. The first kappa shape index (κ1) is 15.1. The molecule has 0 bridgehead atoms. The van der Waals surface area contributed by atoms with E-state index in [1.165, 1.54) is 0 Å². The molecule has 0 aliphatic carbocycles. The predicted octanol–water partition coefficient (Wildman–Crippen LogP) is 4.38. The minimum absolute atomic E-state index is 0.0448. The highest BCUT2D eigenvalue weighted by Crippen LogP contribution is 2.24. The fraction of sp³-hybridized carbons (Fsp3) is 0.286. The normalized spacial score (nSPS) is 11.4. The SMILES string of the molecule is CC(C)(C)c1cc(NC(=O)c2ccc(Cl)cc2Br)n[nH]1. The van der Waals surface area contributed by atoms with Crippen molar-refractivity contribution in [1.82, 2.24) is 10.2 Å². The van der Waals surface area contributed by atoms with Crippen LogP contribution < -0.4 is 5.32 Å². The molecule has 4 nitrogen and oxygen atoms in total. The van der Waals surface area contributed by atoms with Gasteiger partial charge < -0.3 is 5.32 Å². The molecule has 2 rings (SSSR count). The predicted molar refractivity (Wildman–Crippen MR) is 84.4 cm³/mol. The van der Waals surface area contributed by atoms with E-state index < -0.39 is 0 Å². The quantitative estimate of drug-likeness (QED) is 0.839. The lowest BCUT2D eigenvalue weighted by atomic mass is 9.92. The average molecular weight is 357 g/mol. The second-order valence-electron chi connectivity index (χ2n) is 5.50. The van der Waals surface area contributed by atoms with Crippen LogP contribution in [-0.2, 0) is 5.41 Å². The van der Waals surface area contributed by atoms with Crippen molar-refractivity contribution in [3.8, 4) is 0 Å². The van der Waals surface area contributed by atoms with Gasteiger partial charge in [0.25, 0.3) is 5.91 Å². The maximum Gasteiger partial charge on any atom is 0.258 e. The number of aromatic nitrogens is 2. The minimum Gasteiger partial charge on any atom is -0.305 e. The number of nitrogens with one attached hydrogen (secondary N) is 2. The molecule has 0 fully saturated rings. The van der Waals surface area contributed by atoms with Crippen LogP contribution in [0.3, 0.4) is 0 Å². The number of hydrogen-bond donors (Lipinski definition) is 2. The molecular formula is C14H15BrClN3O. The van der Waals surface area contributed by atoms with E-state index in [0.717, 1.165) is 5.69 Å². The van der Waals surface area contributed by atoms with Gasteiger partial charge in [0.15, 0.2) is 5.82 Å². The van der Waals surface area contributed by atoms with E-state index in [4.69, 9.17) is 11.6 Å². The topological polar surface area (TPSA) is 57.8 Å². The zero-order valence-electron chi connectivity index (χ0n) is 11.4. The van der Waals surface area contributed by atoms with E-state index in [9.17, 15) is 4.79 Å². The van der Waals surface area contributed by atoms with Gasteiger partial charge in [-0.15, -0.1) is 0 Å². The van der Waals surface area contributed by atoms with E-state index in [1.54, 1.807) is 18.2 Å². The number of H-pyrrole nitrogens is 1. The number of hydrogen-bond acceptors (Lipinski definition) is 2. The monoisotopic (exact) mass is 355 g/mol. The molecule has 0 spiro atoms. The maximum atomic E-state index is 12.2. The Morgan fingerprint density at radius 1 is 1.35 bits per heavy atom. The third-order valence-electron chi connectivity index (χ3n) is 2.80. The number of benzene rings is 1. The smallest absolute Gasteiger partial charge is 0.258 e. The molecular weight excluding hydrogens is 342 g/mol. The van der Waals surface area contributed by atoms with E-state index in [1.807, 2.05) is 6.07 Å². The summed E-state index contributed by atoms with van der Waals surface area (Å²) in [6.07, 6.45) is 0. The molecule has 1 aromatic heterocycles. The summed E-state index contributed by atoms with van der Waals surface area (Å²) in [5, 5.41) is 10.4. The summed E-state index contributed by atoms with van der Waals surface area (Å²) in [6.45, 7) is 6.21. The van der Waals surface area contributed by atoms with Crippen molar-refractivity contribution < 1.29 is 4.79 Å². The second kappa shape index (κ2) is 5.58. The standard InChI is InChI=1S/C14H15BrClN3O/c1-14(2,3)11-7-12(19-18-11)17-13(20)9-5-4-8(16)6-10(9)15/h4-7H,1-3H3,(H2,17,18,19,20). The fourth-order valence-corrected chi connectivity index (χ4v) is 2.49. The maximum absolute atomic E-state index is 12.2. The molecule has 0 atom stereocenters. The van der Waals surface area contributed by atoms with Crippen LogP contribution in [0.15, 0.2) is 28.7 Å². The van der Waals surface area contributed by atoms with Crippen molar-refractivity contribution in [1.29, 1.82) is 0 Å². The van der Waals surface area contributed by atoms with Gasteiger partial charge in [0.05, 0.1) is 5.56 Å². The number of carbonyl (C=O) groups excluding carboxylic acids is 1. The fourth-order valence-electron chi connectivity index (χ4n) is 1.63. The Bertz CT molecular complexity index is 646. The largest absolute Gasteiger partial charge is 0.305 e. The Balaban J connectivity index is 2.17. The molecule has 6 heteroatoms. The van der Waals surface area contributed by atoms with Crippen molar-refractivity contribution in [3.05, 3.63) is 45.0 Å². The molecule has 0 aliphatic heterocycles. The van der Waals surface area contributed by atoms with Gasteiger partial charge >= 0.3 is 0 Å². The molecule has 106 valence electrons. The van der Waals surface area contributed by atoms with E-state index in [2.05, 4.69) is 52.2 Å². The van der Waals surface area contributed by atoms with Gasteiger partial charge in [0, 0.05) is 26.7 Å². The van der Waals surface area contributed by atoms with Crippen LogP contribution in [0.5, 0.6) is 0 Å². The summed E-state index contributed by atoms with van der Waals surface area (Å²) < 4.78 is 0.647. The summed E-state index contributed by atoms with van der Waals surface area (Å²) in [5.41, 5.74) is 1.43. The van der Waals surface area contributed by atoms with E-state index in [-0.39, 0.29) is 11.3 Å². The number of aromatic amines is 1. The first-order chi connectivity index (χ1) is 9.27. The lowest BCUT2D eigenvalue weighted by molar-refractivity contribution is 0.102. The van der Waals surface area contributed by atoms with Crippen LogP contribution in [0.1, 0.15) is 36.8 Å². The Labute approximate surface area is 131 Å². The highest BCUT2D eigenvalue weighted by atomic mass is 79.9. The lowest BCUT2D eigenvalue weighted by Gasteiger charge is -2.14. The Kier molecular flexibility index (Phi) is 4.20. The van der Waals surface area contributed by atoms with Crippen molar-refractivity contribution in [3.63, 3.8) is 0 Å². The molecule has 1 heterocycles. The zero-order valence-corrected chi connectivity index (χ0v) is 13.8. The zero-order chi connectivity index (χ0) is 14.9. The number of anilines is 1. The first-order valence-electron chi connectivity index (χ1n) is 6.09. The summed E-state index contributed by atoms with van der Waals surface area (Å²) in [6, 6.07) is 6.86. The molecule has 0 radical (unpaired) electrons. The number of nitrogens with zero attached hydrogens (tertiary/aromatic N) is 1. The molecule has 2 aromatic rings. The van der Waals surface area contributed by atoms with Crippen LogP contribution in [0, 0.1) is 0 Å². The molecule has 2 N–H and O–H groups in total.